The van der Waals surface area contributed by atoms with Crippen LogP contribution in [0.15, 0.2) is 0 Å². The van der Waals surface area contributed by atoms with Gasteiger partial charge in [-0.25, -0.2) is 0 Å². The Morgan fingerprint density at radius 1 is 1.40 bits per heavy atom. The van der Waals surface area contributed by atoms with E-state index in [0.29, 0.717) is 12.0 Å². The molecule has 2 aliphatic heterocycles. The molecule has 2 saturated heterocycles. The predicted octanol–water partition coefficient (Wildman–Crippen LogP) is -0.897. The highest BCUT2D eigenvalue weighted by Crippen LogP contribution is 2.29. The normalized spacial score (nSPS) is 45.9. The first-order valence-electron chi connectivity index (χ1n) is 3.77. The molecule has 0 aromatic heterocycles. The molecule has 0 spiro atoms. The predicted molar refractivity (Wildman–Crippen MR) is 34.9 cm³/mol. The van der Waals surface area contributed by atoms with Crippen molar-refractivity contribution in [3.63, 3.8) is 0 Å². The number of quaternary nitrogens is 1. The quantitative estimate of drug-likeness (QED) is 0.483. The zero-order valence-electron chi connectivity index (χ0n) is 5.95. The number of ether oxygens (including phenoxy) is 2. The van der Waals surface area contributed by atoms with Crippen LogP contribution in [-0.2, 0) is 9.47 Å². The lowest BCUT2D eigenvalue weighted by molar-refractivity contribution is -0.637. The van der Waals surface area contributed by atoms with E-state index in [2.05, 4.69) is 7.05 Å². The van der Waals surface area contributed by atoms with E-state index in [0.717, 1.165) is 19.6 Å². The van der Waals surface area contributed by atoms with Crippen LogP contribution in [0.25, 0.3) is 0 Å². The largest absolute Gasteiger partial charge is 0.474 e. The number of hydrogen-bond donors (Lipinski definition) is 1. The van der Waals surface area contributed by atoms with Gasteiger partial charge in [-0.2, -0.15) is 7.05 Å². The minimum Gasteiger partial charge on any atom is -0.474 e. The average molecular weight is 143 g/mol. The van der Waals surface area contributed by atoms with Crippen LogP contribution >= 0.6 is 0 Å². The minimum atomic E-state index is 0.0861. The Labute approximate surface area is 60.7 Å². The third-order valence-corrected chi connectivity index (χ3v) is 2.39. The Morgan fingerprint density at radius 3 is 3.10 bits per heavy atom. The fourth-order valence-electron chi connectivity index (χ4n) is 1.74. The first-order chi connectivity index (χ1) is 4.92. The van der Waals surface area contributed by atoms with Crippen LogP contribution in [0.1, 0.15) is 6.42 Å². The molecule has 3 heteroatoms. The second-order valence-corrected chi connectivity index (χ2v) is 2.92. The van der Waals surface area contributed by atoms with Gasteiger partial charge >= 0.3 is 0 Å². The topological polar surface area (TPSA) is 35.1 Å². The van der Waals surface area contributed by atoms with E-state index in [-0.39, 0.29) is 6.29 Å². The zero-order chi connectivity index (χ0) is 6.97. The lowest BCUT2D eigenvalue weighted by Crippen LogP contribution is -2.85. The summed E-state index contributed by atoms with van der Waals surface area (Å²) in [6.45, 7) is 1.67. The van der Waals surface area contributed by atoms with Gasteiger partial charge in [-0.1, -0.05) is 0 Å². The van der Waals surface area contributed by atoms with Crippen molar-refractivity contribution >= 4 is 0 Å². The van der Waals surface area contributed by atoms with E-state index < -0.39 is 0 Å². The SMILES string of the molecule is [CH2-][NH2+]C1COC2OCCC12. The average Bonchev–Trinajstić information content (AvgIpc) is 2.44. The molecular formula is C7H13NO2. The van der Waals surface area contributed by atoms with Crippen molar-refractivity contribution in [1.29, 1.82) is 0 Å². The first kappa shape index (κ1) is 6.58. The van der Waals surface area contributed by atoms with Gasteiger partial charge in [-0.05, 0) is 6.42 Å². The van der Waals surface area contributed by atoms with E-state index in [9.17, 15) is 0 Å². The van der Waals surface area contributed by atoms with Crippen molar-refractivity contribution in [2.75, 3.05) is 13.2 Å². The molecular weight excluding hydrogens is 130 g/mol. The monoisotopic (exact) mass is 143 g/mol. The van der Waals surface area contributed by atoms with Gasteiger partial charge in [0.05, 0.1) is 25.2 Å². The van der Waals surface area contributed by atoms with Crippen molar-refractivity contribution in [3.8, 4) is 0 Å². The van der Waals surface area contributed by atoms with Gasteiger partial charge in [-0.15, -0.1) is 0 Å². The van der Waals surface area contributed by atoms with Gasteiger partial charge in [0.2, 0.25) is 0 Å². The molecule has 3 nitrogen and oxygen atoms in total. The van der Waals surface area contributed by atoms with Crippen molar-refractivity contribution < 1.29 is 14.8 Å². The Hall–Kier alpha value is -0.120. The summed E-state index contributed by atoms with van der Waals surface area (Å²) in [4.78, 5) is 0. The smallest absolute Gasteiger partial charge is 0.166 e. The second-order valence-electron chi connectivity index (χ2n) is 2.92. The van der Waals surface area contributed by atoms with Crippen molar-refractivity contribution in [2.45, 2.75) is 18.8 Å². The van der Waals surface area contributed by atoms with E-state index in [1.165, 1.54) is 0 Å². The summed E-state index contributed by atoms with van der Waals surface area (Å²) in [6.07, 6.45) is 1.23. The summed E-state index contributed by atoms with van der Waals surface area (Å²) in [5.41, 5.74) is 0. The third-order valence-electron chi connectivity index (χ3n) is 2.39. The minimum absolute atomic E-state index is 0.0861. The van der Waals surface area contributed by atoms with E-state index >= 15 is 0 Å². The van der Waals surface area contributed by atoms with Crippen LogP contribution in [0.2, 0.25) is 0 Å². The van der Waals surface area contributed by atoms with E-state index in [1.54, 1.807) is 0 Å². The van der Waals surface area contributed by atoms with Crippen LogP contribution in [0.4, 0.5) is 0 Å². The Morgan fingerprint density at radius 2 is 2.30 bits per heavy atom. The molecule has 58 valence electrons. The molecule has 0 saturated carbocycles. The molecule has 0 bridgehead atoms. The van der Waals surface area contributed by atoms with Crippen LogP contribution < -0.4 is 5.32 Å². The Balaban J connectivity index is 2.01. The Kier molecular flexibility index (Phi) is 1.64. The van der Waals surface area contributed by atoms with Gasteiger partial charge in [0.25, 0.3) is 0 Å². The zero-order valence-corrected chi connectivity index (χ0v) is 5.95. The molecule has 2 fully saturated rings. The maximum Gasteiger partial charge on any atom is 0.166 e. The molecule has 2 aliphatic rings. The van der Waals surface area contributed by atoms with Crippen molar-refractivity contribution in [3.05, 3.63) is 7.05 Å². The highest BCUT2D eigenvalue weighted by atomic mass is 16.7. The molecule has 3 atom stereocenters. The molecule has 0 aliphatic carbocycles. The lowest BCUT2D eigenvalue weighted by Gasteiger charge is -2.13. The van der Waals surface area contributed by atoms with Crippen LogP contribution in [0.5, 0.6) is 0 Å². The van der Waals surface area contributed by atoms with Crippen molar-refractivity contribution in [1.82, 2.24) is 0 Å². The molecule has 3 unspecified atom stereocenters. The number of rotatable bonds is 1. The summed E-state index contributed by atoms with van der Waals surface area (Å²) >= 11 is 0. The highest BCUT2D eigenvalue weighted by Gasteiger charge is 2.42. The second kappa shape index (κ2) is 2.49. The summed E-state index contributed by atoms with van der Waals surface area (Å²) in [6, 6.07) is 0.535. The molecule has 0 aromatic carbocycles. The van der Waals surface area contributed by atoms with Crippen LogP contribution in [0, 0.1) is 13.0 Å². The molecule has 2 N–H and O–H groups in total. The van der Waals surface area contributed by atoms with Crippen LogP contribution in [0.3, 0.4) is 0 Å². The molecule has 0 aromatic rings. The summed E-state index contributed by atoms with van der Waals surface area (Å²) < 4.78 is 10.7. The fraction of sp³-hybridized carbons (Fsp3) is 0.857. The van der Waals surface area contributed by atoms with Gasteiger partial charge < -0.3 is 14.8 Å². The molecule has 2 heterocycles. The van der Waals surface area contributed by atoms with Gasteiger partial charge in [0.15, 0.2) is 6.29 Å². The summed E-state index contributed by atoms with van der Waals surface area (Å²) in [5, 5.41) is 1.99. The standard InChI is InChI=1S/C7H13NO2/c1-8-6-4-10-7-5(6)2-3-9-7/h5-7H,1-4,8H2. The lowest BCUT2D eigenvalue weighted by atomic mass is 10.0. The maximum absolute atomic E-state index is 5.39. The van der Waals surface area contributed by atoms with Gasteiger partial charge in [-0.3, -0.25) is 0 Å². The molecule has 0 amide bonds. The number of fused-ring (bicyclic) bond motifs is 1. The van der Waals surface area contributed by atoms with Gasteiger partial charge in [0, 0.05) is 0 Å². The molecule has 0 radical (unpaired) electrons. The summed E-state index contributed by atoms with van der Waals surface area (Å²) in [5.74, 6) is 0.595. The Bertz CT molecular complexity index is 129. The number of hydrogen-bond acceptors (Lipinski definition) is 2. The van der Waals surface area contributed by atoms with E-state index in [1.807, 2.05) is 5.32 Å². The molecule has 2 rings (SSSR count). The van der Waals surface area contributed by atoms with Gasteiger partial charge in [0.1, 0.15) is 0 Å². The fourth-order valence-corrected chi connectivity index (χ4v) is 1.74. The third kappa shape index (κ3) is 0.856. The molecule has 10 heavy (non-hydrogen) atoms. The highest BCUT2D eigenvalue weighted by molar-refractivity contribution is 4.81. The number of nitrogens with two attached hydrogens (primary N) is 1. The first-order valence-corrected chi connectivity index (χ1v) is 3.77. The maximum atomic E-state index is 5.39. The van der Waals surface area contributed by atoms with E-state index in [4.69, 9.17) is 9.47 Å². The van der Waals surface area contributed by atoms with Crippen LogP contribution in [-0.4, -0.2) is 25.5 Å². The summed E-state index contributed by atoms with van der Waals surface area (Å²) in [7, 11) is 3.77. The van der Waals surface area contributed by atoms with Crippen molar-refractivity contribution in [2.24, 2.45) is 5.92 Å².